The van der Waals surface area contributed by atoms with E-state index < -0.39 is 0 Å². The zero-order valence-corrected chi connectivity index (χ0v) is 12.8. The first-order valence-corrected chi connectivity index (χ1v) is 6.48. The molecule has 0 saturated carbocycles. The van der Waals surface area contributed by atoms with Crippen LogP contribution in [0.5, 0.6) is 0 Å². The molecule has 0 saturated heterocycles. The number of allylic oxidation sites excluding steroid dienone is 4. The van der Waals surface area contributed by atoms with Crippen LogP contribution < -0.4 is 18.9 Å². The average Bonchev–Trinajstić information content (AvgIpc) is 2.24. The Hall–Kier alpha value is 0.0374. The maximum Gasteiger partial charge on any atom is 1.00 e. The van der Waals surface area contributed by atoms with E-state index in [9.17, 15) is 0 Å². The fourth-order valence-electron chi connectivity index (χ4n) is 1.62. The van der Waals surface area contributed by atoms with E-state index in [1.165, 1.54) is 44.2 Å². The average molecular weight is 231 g/mol. The molecule has 2 heteroatoms. The second-order valence-electron chi connectivity index (χ2n) is 4.98. The molecular weight excluding hydrogens is 201 g/mol. The van der Waals surface area contributed by atoms with Crippen molar-refractivity contribution in [3.05, 3.63) is 23.3 Å². The van der Waals surface area contributed by atoms with Crippen molar-refractivity contribution in [1.29, 1.82) is 0 Å². The van der Waals surface area contributed by atoms with E-state index in [1.54, 1.807) is 5.57 Å². The summed E-state index contributed by atoms with van der Waals surface area (Å²) in [5.41, 5.74) is 3.05. The summed E-state index contributed by atoms with van der Waals surface area (Å²) >= 11 is 0. The normalized spacial score (nSPS) is 12.8. The minimum absolute atomic E-state index is 0. The van der Waals surface area contributed by atoms with Gasteiger partial charge in [-0.2, -0.15) is 0 Å². The maximum atomic E-state index is 2.41. The van der Waals surface area contributed by atoms with Gasteiger partial charge in [0.05, 0.1) is 0 Å². The Balaban J connectivity index is -0.00000112. The van der Waals surface area contributed by atoms with Gasteiger partial charge in [0.15, 0.2) is 0 Å². The Labute approximate surface area is 122 Å². The molecule has 0 fully saturated rings. The van der Waals surface area contributed by atoms with Gasteiger partial charge in [-0.1, -0.05) is 23.3 Å². The zero-order chi connectivity index (χ0) is 12.4. The first kappa shape index (κ1) is 19.4. The second kappa shape index (κ2) is 12.5. The Morgan fingerprint density at radius 2 is 1.71 bits per heavy atom. The van der Waals surface area contributed by atoms with Gasteiger partial charge in [0, 0.05) is 0 Å². The summed E-state index contributed by atoms with van der Waals surface area (Å²) in [4.78, 5) is 2.26. The van der Waals surface area contributed by atoms with Crippen LogP contribution in [-0.4, -0.2) is 25.5 Å². The largest absolute Gasteiger partial charge is 1.00 e. The van der Waals surface area contributed by atoms with Crippen molar-refractivity contribution in [3.63, 3.8) is 0 Å². The van der Waals surface area contributed by atoms with Gasteiger partial charge in [-0.15, -0.1) is 0 Å². The second-order valence-corrected chi connectivity index (χ2v) is 4.98. The summed E-state index contributed by atoms with van der Waals surface area (Å²) in [6.07, 6.45) is 10.9. The third-order valence-electron chi connectivity index (χ3n) is 2.95. The van der Waals surface area contributed by atoms with Gasteiger partial charge in [0.25, 0.3) is 0 Å². The van der Waals surface area contributed by atoms with Gasteiger partial charge >= 0.3 is 18.9 Å². The summed E-state index contributed by atoms with van der Waals surface area (Å²) in [7, 11) is 4.28. The maximum absolute atomic E-state index is 2.41. The number of unbranched alkanes of at least 4 members (excludes halogenated alkanes) is 1. The van der Waals surface area contributed by atoms with Crippen LogP contribution in [0.4, 0.5) is 0 Å². The predicted octanol–water partition coefficient (Wildman–Crippen LogP) is 1.53. The van der Waals surface area contributed by atoms with E-state index in [2.05, 4.69) is 51.9 Å². The van der Waals surface area contributed by atoms with Gasteiger partial charge in [-0.05, 0) is 73.5 Å². The van der Waals surface area contributed by atoms with Crippen molar-refractivity contribution in [2.24, 2.45) is 0 Å². The first-order valence-electron chi connectivity index (χ1n) is 6.48. The van der Waals surface area contributed by atoms with E-state index >= 15 is 0 Å². The molecule has 0 aliphatic rings. The third kappa shape index (κ3) is 14.0. The van der Waals surface area contributed by atoms with Crippen molar-refractivity contribution >= 4 is 0 Å². The Kier molecular flexibility index (Phi) is 14.2. The molecule has 17 heavy (non-hydrogen) atoms. The van der Waals surface area contributed by atoms with Crippen LogP contribution in [0.1, 0.15) is 54.3 Å². The van der Waals surface area contributed by atoms with Gasteiger partial charge in [0.1, 0.15) is 0 Å². The van der Waals surface area contributed by atoms with E-state index in [-0.39, 0.29) is 20.3 Å². The minimum Gasteiger partial charge on any atom is -1.00 e. The zero-order valence-electron chi connectivity index (χ0n) is 13.8. The van der Waals surface area contributed by atoms with Crippen LogP contribution in [0.25, 0.3) is 0 Å². The minimum atomic E-state index is 0. The molecule has 0 aromatic carbocycles. The third-order valence-corrected chi connectivity index (χ3v) is 2.95. The smallest absolute Gasteiger partial charge is 1.00 e. The Bertz CT molecular complexity index is 235. The van der Waals surface area contributed by atoms with E-state index in [1.807, 2.05) is 0 Å². The van der Waals surface area contributed by atoms with Crippen LogP contribution in [-0.2, 0) is 0 Å². The summed E-state index contributed by atoms with van der Waals surface area (Å²) in [6.45, 7) is 7.80. The Morgan fingerprint density at radius 1 is 1.06 bits per heavy atom. The molecule has 96 valence electrons. The van der Waals surface area contributed by atoms with Crippen LogP contribution in [0.15, 0.2) is 23.3 Å². The molecule has 0 heterocycles. The summed E-state index contributed by atoms with van der Waals surface area (Å²) in [6, 6.07) is 0. The van der Waals surface area contributed by atoms with Crippen molar-refractivity contribution < 1.29 is 20.3 Å². The monoisotopic (exact) mass is 231 g/mol. The van der Waals surface area contributed by atoms with Gasteiger partial charge in [-0.25, -0.2) is 0 Å². The molecule has 0 aromatic heterocycles. The first-order chi connectivity index (χ1) is 7.56. The molecule has 0 rings (SSSR count). The van der Waals surface area contributed by atoms with Gasteiger partial charge < -0.3 is 6.33 Å². The van der Waals surface area contributed by atoms with Crippen LogP contribution in [0.3, 0.4) is 0 Å². The fourth-order valence-corrected chi connectivity index (χ4v) is 1.62. The van der Waals surface area contributed by atoms with Crippen molar-refractivity contribution in [2.75, 3.05) is 20.6 Å². The van der Waals surface area contributed by atoms with Crippen molar-refractivity contribution in [2.45, 2.75) is 52.9 Å². The molecule has 0 radical (unpaired) electrons. The molecule has 1 nitrogen and oxygen atoms in total. The molecular formula is C15H30LiN. The molecule has 0 aromatic rings. The van der Waals surface area contributed by atoms with Crippen LogP contribution >= 0.6 is 0 Å². The fraction of sp³-hybridized carbons (Fsp3) is 0.733. The van der Waals surface area contributed by atoms with E-state index in [0.29, 0.717) is 0 Å². The molecule has 0 atom stereocenters. The molecule has 0 aliphatic heterocycles. The number of hydrogen-bond donors (Lipinski definition) is 0. The number of rotatable bonds is 8. The van der Waals surface area contributed by atoms with E-state index in [4.69, 9.17) is 0 Å². The van der Waals surface area contributed by atoms with Gasteiger partial charge in [0.2, 0.25) is 0 Å². The molecule has 0 aliphatic carbocycles. The predicted molar refractivity (Wildman–Crippen MR) is 75.9 cm³/mol. The molecule has 0 amide bonds. The quantitative estimate of drug-likeness (QED) is 0.348. The number of hydrogen-bond acceptors (Lipinski definition) is 1. The van der Waals surface area contributed by atoms with Crippen molar-refractivity contribution in [1.82, 2.24) is 4.90 Å². The van der Waals surface area contributed by atoms with Crippen LogP contribution in [0, 0.1) is 0 Å². The van der Waals surface area contributed by atoms with Gasteiger partial charge in [-0.3, -0.25) is 0 Å². The summed E-state index contributed by atoms with van der Waals surface area (Å²) in [5.74, 6) is 0. The molecule has 0 spiro atoms. The van der Waals surface area contributed by atoms with E-state index in [0.717, 1.165) is 0 Å². The molecule has 0 unspecified atom stereocenters. The summed E-state index contributed by atoms with van der Waals surface area (Å²) < 4.78 is 0. The molecule has 0 N–H and O–H groups in total. The standard InChI is InChI=1S/C15H29N.Li.H/c1-6-14(2)11-9-12-15(3)10-7-8-13-16(4)5;;/h6,12H,7-11,13H2,1-5H3;;/q;+1;-1/b14-6+,15-12+;;. The topological polar surface area (TPSA) is 3.24 Å². The van der Waals surface area contributed by atoms with Crippen LogP contribution in [0.2, 0.25) is 0 Å². The number of nitrogens with zero attached hydrogens (tertiary/aromatic N) is 1. The SMILES string of the molecule is C/C=C(\C)CC/C=C(\C)CCCCN(C)C.[H-].[Li+]. The molecule has 0 bridgehead atoms. The Morgan fingerprint density at radius 3 is 2.24 bits per heavy atom. The summed E-state index contributed by atoms with van der Waals surface area (Å²) in [5, 5.41) is 0. The van der Waals surface area contributed by atoms with Crippen molar-refractivity contribution in [3.8, 4) is 0 Å².